The van der Waals surface area contributed by atoms with Crippen molar-refractivity contribution in [3.8, 4) is 5.75 Å². The Morgan fingerprint density at radius 2 is 1.74 bits per heavy atom. The monoisotopic (exact) mass is 497 g/mol. The van der Waals surface area contributed by atoms with Crippen molar-refractivity contribution in [1.29, 1.82) is 0 Å². The van der Waals surface area contributed by atoms with Gasteiger partial charge in [0.1, 0.15) is 11.5 Å². The Morgan fingerprint density at radius 3 is 2.37 bits per heavy atom. The van der Waals surface area contributed by atoms with E-state index in [-0.39, 0.29) is 23.4 Å². The van der Waals surface area contributed by atoms with Crippen molar-refractivity contribution < 1.29 is 22.4 Å². The Kier molecular flexibility index (Phi) is 8.22. The summed E-state index contributed by atoms with van der Waals surface area (Å²) in [6.07, 6.45) is 5.00. The first kappa shape index (κ1) is 25.0. The molecule has 0 spiro atoms. The van der Waals surface area contributed by atoms with E-state index in [4.69, 9.17) is 9.15 Å². The number of hydrogen-bond donors (Lipinski definition) is 2. The van der Waals surface area contributed by atoms with Crippen LogP contribution in [-0.4, -0.2) is 46.0 Å². The maximum Gasteiger partial charge on any atom is 0.251 e. The molecule has 9 heteroatoms. The van der Waals surface area contributed by atoms with E-state index in [0.29, 0.717) is 17.9 Å². The summed E-state index contributed by atoms with van der Waals surface area (Å²) in [5, 5.41) is 3.04. The van der Waals surface area contributed by atoms with Gasteiger partial charge in [-0.05, 0) is 80.0 Å². The van der Waals surface area contributed by atoms with Crippen LogP contribution in [0.5, 0.6) is 5.75 Å². The molecule has 0 bridgehead atoms. The standard InChI is InChI=1S/C26H31N3O5S/c1-33-22-11-7-20(8-12-22)25(29-15-3-2-4-16-29)19-27-26(30)21-9-13-24(14-10-21)35(31,32)28-18-23-6-5-17-34-23/h5-14,17,25,28H,2-4,15-16,18-19H2,1H3,(H,27,30)/t25-/m1/s1. The van der Waals surface area contributed by atoms with Crippen molar-refractivity contribution in [3.63, 3.8) is 0 Å². The van der Waals surface area contributed by atoms with Crippen LogP contribution in [0, 0.1) is 0 Å². The lowest BCUT2D eigenvalue weighted by Gasteiger charge is -2.35. The molecule has 2 N–H and O–H groups in total. The average Bonchev–Trinajstić information content (AvgIpc) is 3.43. The largest absolute Gasteiger partial charge is 0.497 e. The first-order valence-electron chi connectivity index (χ1n) is 11.7. The van der Waals surface area contributed by atoms with E-state index < -0.39 is 10.0 Å². The molecule has 2 aromatic carbocycles. The van der Waals surface area contributed by atoms with Gasteiger partial charge in [0.15, 0.2) is 0 Å². The summed E-state index contributed by atoms with van der Waals surface area (Å²) < 4.78 is 38.0. The highest BCUT2D eigenvalue weighted by atomic mass is 32.2. The van der Waals surface area contributed by atoms with Crippen LogP contribution in [0.2, 0.25) is 0 Å². The number of nitrogens with zero attached hydrogens (tertiary/aromatic N) is 1. The lowest BCUT2D eigenvalue weighted by atomic mass is 10.0. The molecule has 0 unspecified atom stereocenters. The van der Waals surface area contributed by atoms with Crippen LogP contribution in [0.3, 0.4) is 0 Å². The summed E-state index contributed by atoms with van der Waals surface area (Å²) in [6.45, 7) is 2.49. The molecule has 1 amide bonds. The summed E-state index contributed by atoms with van der Waals surface area (Å²) in [4.78, 5) is 15.4. The normalized spacial score (nSPS) is 15.5. The number of methoxy groups -OCH3 is 1. The van der Waals surface area contributed by atoms with Gasteiger partial charge in [-0.3, -0.25) is 9.69 Å². The molecule has 1 aliphatic heterocycles. The number of piperidine rings is 1. The molecule has 1 aromatic heterocycles. The molecule has 186 valence electrons. The minimum atomic E-state index is -3.72. The van der Waals surface area contributed by atoms with Crippen molar-refractivity contribution in [3.05, 3.63) is 83.8 Å². The van der Waals surface area contributed by atoms with Crippen molar-refractivity contribution in [2.45, 2.75) is 36.7 Å². The van der Waals surface area contributed by atoms with Crippen molar-refractivity contribution in [2.24, 2.45) is 0 Å². The molecular formula is C26H31N3O5S. The number of sulfonamides is 1. The van der Waals surface area contributed by atoms with Gasteiger partial charge in [0.05, 0.1) is 30.9 Å². The molecule has 0 aliphatic carbocycles. The third-order valence-electron chi connectivity index (χ3n) is 6.23. The first-order chi connectivity index (χ1) is 17.0. The molecule has 4 rings (SSSR count). The quantitative estimate of drug-likeness (QED) is 0.443. The van der Waals surface area contributed by atoms with Gasteiger partial charge in [-0.25, -0.2) is 13.1 Å². The Labute approximate surface area is 206 Å². The van der Waals surface area contributed by atoms with Gasteiger partial charge in [-0.15, -0.1) is 0 Å². The van der Waals surface area contributed by atoms with Crippen LogP contribution in [0.15, 0.2) is 76.2 Å². The molecule has 1 fully saturated rings. The van der Waals surface area contributed by atoms with Crippen molar-refractivity contribution in [1.82, 2.24) is 14.9 Å². The van der Waals surface area contributed by atoms with Crippen LogP contribution in [0.4, 0.5) is 0 Å². The molecular weight excluding hydrogens is 466 g/mol. The van der Waals surface area contributed by atoms with Gasteiger partial charge in [-0.2, -0.15) is 0 Å². The van der Waals surface area contributed by atoms with Gasteiger partial charge in [-0.1, -0.05) is 18.6 Å². The molecule has 0 radical (unpaired) electrons. The van der Waals surface area contributed by atoms with Crippen LogP contribution in [-0.2, 0) is 16.6 Å². The molecule has 1 aliphatic rings. The van der Waals surface area contributed by atoms with Crippen LogP contribution in [0.25, 0.3) is 0 Å². The fourth-order valence-corrected chi connectivity index (χ4v) is 5.25. The number of furan rings is 1. The number of nitrogens with one attached hydrogen (secondary N) is 2. The van der Waals surface area contributed by atoms with Gasteiger partial charge < -0.3 is 14.5 Å². The number of likely N-dealkylation sites (tertiary alicyclic amines) is 1. The summed E-state index contributed by atoms with van der Waals surface area (Å²) in [7, 11) is -2.08. The molecule has 1 atom stereocenters. The SMILES string of the molecule is COc1ccc([C@@H](CNC(=O)c2ccc(S(=O)(=O)NCc3ccco3)cc2)N2CCCCC2)cc1. The molecule has 2 heterocycles. The molecule has 0 saturated carbocycles. The Bertz CT molecular complexity index is 1190. The molecule has 35 heavy (non-hydrogen) atoms. The number of rotatable bonds is 10. The third-order valence-corrected chi connectivity index (χ3v) is 7.65. The average molecular weight is 498 g/mol. The number of benzene rings is 2. The predicted molar refractivity (Wildman–Crippen MR) is 133 cm³/mol. The molecule has 3 aromatic rings. The van der Waals surface area contributed by atoms with E-state index in [1.165, 1.54) is 36.9 Å². The Balaban J connectivity index is 1.40. The van der Waals surface area contributed by atoms with Gasteiger partial charge in [0.2, 0.25) is 10.0 Å². The van der Waals surface area contributed by atoms with Crippen molar-refractivity contribution >= 4 is 15.9 Å². The zero-order valence-electron chi connectivity index (χ0n) is 19.8. The summed E-state index contributed by atoms with van der Waals surface area (Å²) in [6, 6.07) is 17.3. The van der Waals surface area contributed by atoms with E-state index in [0.717, 1.165) is 37.2 Å². The fraction of sp³-hybridized carbons (Fsp3) is 0.346. The van der Waals surface area contributed by atoms with E-state index in [1.807, 2.05) is 24.3 Å². The summed E-state index contributed by atoms with van der Waals surface area (Å²) in [5.74, 6) is 1.07. The highest BCUT2D eigenvalue weighted by Crippen LogP contribution is 2.26. The maximum absolute atomic E-state index is 12.9. The smallest absolute Gasteiger partial charge is 0.251 e. The van der Waals surface area contributed by atoms with Gasteiger partial charge in [0.25, 0.3) is 5.91 Å². The number of hydrogen-bond acceptors (Lipinski definition) is 6. The number of carbonyl (C=O) groups is 1. The minimum absolute atomic E-state index is 0.0515. The van der Waals surface area contributed by atoms with Gasteiger partial charge >= 0.3 is 0 Å². The minimum Gasteiger partial charge on any atom is -0.497 e. The predicted octanol–water partition coefficient (Wildman–Crippen LogP) is 3.72. The zero-order valence-corrected chi connectivity index (χ0v) is 20.6. The van der Waals surface area contributed by atoms with E-state index in [9.17, 15) is 13.2 Å². The van der Waals surface area contributed by atoms with Crippen LogP contribution >= 0.6 is 0 Å². The first-order valence-corrected chi connectivity index (χ1v) is 13.2. The fourth-order valence-electron chi connectivity index (χ4n) is 4.25. The second-order valence-corrected chi connectivity index (χ2v) is 10.3. The van der Waals surface area contributed by atoms with Crippen molar-refractivity contribution in [2.75, 3.05) is 26.7 Å². The third kappa shape index (κ3) is 6.50. The highest BCUT2D eigenvalue weighted by Gasteiger charge is 2.23. The number of ether oxygens (including phenoxy) is 1. The number of carbonyl (C=O) groups excluding carboxylic acids is 1. The Hall–Kier alpha value is -3.14. The van der Waals surface area contributed by atoms with E-state index in [1.54, 1.807) is 19.2 Å². The second kappa shape index (κ2) is 11.5. The highest BCUT2D eigenvalue weighted by molar-refractivity contribution is 7.89. The van der Waals surface area contributed by atoms with E-state index in [2.05, 4.69) is 14.9 Å². The van der Waals surface area contributed by atoms with E-state index >= 15 is 0 Å². The topological polar surface area (TPSA) is 101 Å². The second-order valence-electron chi connectivity index (χ2n) is 8.52. The van der Waals surface area contributed by atoms with Crippen LogP contribution in [0.1, 0.15) is 47.0 Å². The summed E-state index contributed by atoms with van der Waals surface area (Å²) >= 11 is 0. The lowest BCUT2D eigenvalue weighted by Crippen LogP contribution is -2.40. The number of amides is 1. The van der Waals surface area contributed by atoms with Gasteiger partial charge in [0, 0.05) is 12.1 Å². The molecule has 8 nitrogen and oxygen atoms in total. The van der Waals surface area contributed by atoms with Crippen LogP contribution < -0.4 is 14.8 Å². The molecule has 1 saturated heterocycles. The lowest BCUT2D eigenvalue weighted by molar-refractivity contribution is 0.0924. The Morgan fingerprint density at radius 1 is 1.03 bits per heavy atom. The maximum atomic E-state index is 12.9. The summed E-state index contributed by atoms with van der Waals surface area (Å²) in [5.41, 5.74) is 1.53. The zero-order chi connectivity index (χ0) is 24.7.